The molecular weight excluding hydrogens is 356 g/mol. The maximum absolute atomic E-state index is 12.2. The van der Waals surface area contributed by atoms with Crippen molar-refractivity contribution in [2.24, 2.45) is 0 Å². The molecule has 1 aliphatic rings. The van der Waals surface area contributed by atoms with E-state index in [1.807, 2.05) is 0 Å². The lowest BCUT2D eigenvalue weighted by molar-refractivity contribution is -0.125. The standard InChI is InChI=1S/C22H22N2O4/c23-15-22(12-2-1-3-13-22)24-20(26)14-28-21(27)18-6-4-16(5-7-18)17-8-10-19(25)11-9-17/h4-11,25H,1-3,12-14H2,(H,24,26). The van der Waals surface area contributed by atoms with Crippen LogP contribution < -0.4 is 5.32 Å². The first-order valence-electron chi connectivity index (χ1n) is 9.30. The number of benzene rings is 2. The summed E-state index contributed by atoms with van der Waals surface area (Å²) in [5.41, 5.74) is 1.30. The van der Waals surface area contributed by atoms with E-state index >= 15 is 0 Å². The van der Waals surface area contributed by atoms with Gasteiger partial charge in [0.15, 0.2) is 6.61 Å². The predicted molar refractivity (Wildman–Crippen MR) is 103 cm³/mol. The van der Waals surface area contributed by atoms with Gasteiger partial charge in [0.25, 0.3) is 5.91 Å². The fraction of sp³-hybridized carbons (Fsp3) is 0.318. The number of hydrogen-bond donors (Lipinski definition) is 2. The fourth-order valence-corrected chi connectivity index (χ4v) is 3.39. The summed E-state index contributed by atoms with van der Waals surface area (Å²) in [4.78, 5) is 24.3. The minimum absolute atomic E-state index is 0.189. The molecule has 0 atom stereocenters. The molecule has 144 valence electrons. The number of aromatic hydroxyl groups is 1. The van der Waals surface area contributed by atoms with E-state index in [1.165, 1.54) is 0 Å². The van der Waals surface area contributed by atoms with Crippen LogP contribution in [0.15, 0.2) is 48.5 Å². The summed E-state index contributed by atoms with van der Waals surface area (Å²) in [6, 6.07) is 15.8. The molecule has 0 aromatic heterocycles. The van der Waals surface area contributed by atoms with Gasteiger partial charge in [0.2, 0.25) is 0 Å². The first kappa shape index (κ1) is 19.4. The summed E-state index contributed by atoms with van der Waals surface area (Å²) in [7, 11) is 0. The molecule has 6 heteroatoms. The van der Waals surface area contributed by atoms with Crippen LogP contribution in [0.1, 0.15) is 42.5 Å². The Morgan fingerprint density at radius 1 is 1.00 bits per heavy atom. The van der Waals surface area contributed by atoms with Crippen molar-refractivity contribution in [1.29, 1.82) is 5.26 Å². The molecule has 2 aromatic rings. The number of phenols is 1. The van der Waals surface area contributed by atoms with Gasteiger partial charge < -0.3 is 15.2 Å². The number of rotatable bonds is 5. The summed E-state index contributed by atoms with van der Waals surface area (Å²) >= 11 is 0. The van der Waals surface area contributed by atoms with E-state index in [-0.39, 0.29) is 5.75 Å². The molecule has 6 nitrogen and oxygen atoms in total. The van der Waals surface area contributed by atoms with Crippen LogP contribution in [0.4, 0.5) is 0 Å². The Hall–Kier alpha value is -3.33. The van der Waals surface area contributed by atoms with Gasteiger partial charge >= 0.3 is 5.97 Å². The van der Waals surface area contributed by atoms with Crippen molar-refractivity contribution in [3.05, 3.63) is 54.1 Å². The van der Waals surface area contributed by atoms with Crippen LogP contribution in [0.25, 0.3) is 11.1 Å². The highest BCUT2D eigenvalue weighted by Crippen LogP contribution is 2.27. The molecule has 1 fully saturated rings. The van der Waals surface area contributed by atoms with Crippen molar-refractivity contribution in [2.45, 2.75) is 37.6 Å². The number of amides is 1. The van der Waals surface area contributed by atoms with Crippen LogP contribution >= 0.6 is 0 Å². The normalized spacial score (nSPS) is 15.2. The Labute approximate surface area is 163 Å². The molecule has 0 unspecified atom stereocenters. The molecule has 3 rings (SSSR count). The van der Waals surface area contributed by atoms with Gasteiger partial charge in [0.1, 0.15) is 11.3 Å². The molecule has 0 spiro atoms. The maximum Gasteiger partial charge on any atom is 0.338 e. The Balaban J connectivity index is 1.55. The van der Waals surface area contributed by atoms with Crippen LogP contribution in [0.5, 0.6) is 5.75 Å². The van der Waals surface area contributed by atoms with Crippen LogP contribution in [0, 0.1) is 11.3 Å². The van der Waals surface area contributed by atoms with Gasteiger partial charge in [0, 0.05) is 0 Å². The van der Waals surface area contributed by atoms with Crippen LogP contribution in [0.2, 0.25) is 0 Å². The first-order chi connectivity index (χ1) is 13.5. The summed E-state index contributed by atoms with van der Waals surface area (Å²) in [5.74, 6) is -0.867. The maximum atomic E-state index is 12.2. The summed E-state index contributed by atoms with van der Waals surface area (Å²) in [6.07, 6.45) is 4.13. The van der Waals surface area contributed by atoms with E-state index in [0.29, 0.717) is 18.4 Å². The topological polar surface area (TPSA) is 99.4 Å². The molecule has 1 saturated carbocycles. The Bertz CT molecular complexity index is 876. The van der Waals surface area contributed by atoms with Gasteiger partial charge in [-0.3, -0.25) is 4.79 Å². The number of ether oxygens (including phenoxy) is 1. The van der Waals surface area contributed by atoms with Gasteiger partial charge in [-0.05, 0) is 48.2 Å². The second kappa shape index (κ2) is 8.57. The second-order valence-corrected chi connectivity index (χ2v) is 7.00. The smallest absolute Gasteiger partial charge is 0.338 e. The summed E-state index contributed by atoms with van der Waals surface area (Å²) in [5, 5.41) is 21.5. The highest BCUT2D eigenvalue weighted by atomic mass is 16.5. The number of hydrogen-bond acceptors (Lipinski definition) is 5. The van der Waals surface area contributed by atoms with E-state index in [4.69, 9.17) is 4.74 Å². The fourth-order valence-electron chi connectivity index (χ4n) is 3.39. The molecule has 0 bridgehead atoms. The quantitative estimate of drug-likeness (QED) is 0.775. The third-order valence-corrected chi connectivity index (χ3v) is 4.96. The van der Waals surface area contributed by atoms with E-state index in [0.717, 1.165) is 30.4 Å². The number of phenolic OH excluding ortho intramolecular Hbond substituents is 1. The minimum Gasteiger partial charge on any atom is -0.508 e. The van der Waals surface area contributed by atoms with Gasteiger partial charge in [-0.25, -0.2) is 4.79 Å². The van der Waals surface area contributed by atoms with E-state index < -0.39 is 24.0 Å². The lowest BCUT2D eigenvalue weighted by Gasteiger charge is -2.31. The first-order valence-corrected chi connectivity index (χ1v) is 9.30. The summed E-state index contributed by atoms with van der Waals surface area (Å²) < 4.78 is 5.09. The number of nitriles is 1. The second-order valence-electron chi connectivity index (χ2n) is 7.00. The van der Waals surface area contributed by atoms with Crippen LogP contribution in [-0.2, 0) is 9.53 Å². The molecule has 0 aliphatic heterocycles. The highest BCUT2D eigenvalue weighted by Gasteiger charge is 2.33. The molecular formula is C22H22N2O4. The molecule has 0 saturated heterocycles. The number of carbonyl (C=O) groups excluding carboxylic acids is 2. The monoisotopic (exact) mass is 378 g/mol. The zero-order chi connectivity index (χ0) is 20.0. The van der Waals surface area contributed by atoms with E-state index in [9.17, 15) is 20.0 Å². The van der Waals surface area contributed by atoms with Gasteiger partial charge in [-0.2, -0.15) is 5.26 Å². The lowest BCUT2D eigenvalue weighted by atomic mass is 9.83. The van der Waals surface area contributed by atoms with Crippen LogP contribution in [0.3, 0.4) is 0 Å². The molecule has 1 aliphatic carbocycles. The number of nitrogens with zero attached hydrogens (tertiary/aromatic N) is 1. The van der Waals surface area contributed by atoms with E-state index in [2.05, 4.69) is 11.4 Å². The predicted octanol–water partition coefficient (Wildman–Crippen LogP) is 3.56. The Morgan fingerprint density at radius 2 is 1.57 bits per heavy atom. The average molecular weight is 378 g/mol. The van der Waals surface area contributed by atoms with Crippen molar-refractivity contribution < 1.29 is 19.4 Å². The molecule has 1 amide bonds. The Morgan fingerprint density at radius 3 is 2.14 bits per heavy atom. The van der Waals surface area contributed by atoms with Crippen molar-refractivity contribution in [2.75, 3.05) is 6.61 Å². The third kappa shape index (κ3) is 4.68. The highest BCUT2D eigenvalue weighted by molar-refractivity contribution is 5.92. The molecule has 28 heavy (non-hydrogen) atoms. The molecule has 2 aromatic carbocycles. The third-order valence-electron chi connectivity index (χ3n) is 4.96. The minimum atomic E-state index is -0.840. The molecule has 0 heterocycles. The average Bonchev–Trinajstić information content (AvgIpc) is 2.73. The van der Waals surface area contributed by atoms with Crippen molar-refractivity contribution >= 4 is 11.9 Å². The summed E-state index contributed by atoms with van der Waals surface area (Å²) in [6.45, 7) is -0.415. The van der Waals surface area contributed by atoms with Gasteiger partial charge in [0.05, 0.1) is 11.6 Å². The number of nitrogens with one attached hydrogen (secondary N) is 1. The van der Waals surface area contributed by atoms with E-state index in [1.54, 1.807) is 48.5 Å². The molecule has 2 N–H and O–H groups in total. The zero-order valence-electron chi connectivity index (χ0n) is 15.5. The van der Waals surface area contributed by atoms with Gasteiger partial charge in [-0.15, -0.1) is 0 Å². The van der Waals surface area contributed by atoms with Crippen molar-refractivity contribution in [1.82, 2.24) is 5.32 Å². The Kier molecular flexibility index (Phi) is 5.95. The molecule has 0 radical (unpaired) electrons. The SMILES string of the molecule is N#CC1(NC(=O)COC(=O)c2ccc(-c3ccc(O)cc3)cc2)CCCCC1. The lowest BCUT2D eigenvalue weighted by Crippen LogP contribution is -2.50. The largest absolute Gasteiger partial charge is 0.508 e. The van der Waals surface area contributed by atoms with Crippen molar-refractivity contribution in [3.63, 3.8) is 0 Å². The van der Waals surface area contributed by atoms with Crippen LogP contribution in [-0.4, -0.2) is 29.1 Å². The van der Waals surface area contributed by atoms with Crippen molar-refractivity contribution in [3.8, 4) is 22.9 Å². The number of esters is 1. The zero-order valence-corrected chi connectivity index (χ0v) is 15.5. The van der Waals surface area contributed by atoms with Gasteiger partial charge in [-0.1, -0.05) is 43.5 Å². The number of carbonyl (C=O) groups is 2.